The molecule has 2 heterocycles. The third-order valence-corrected chi connectivity index (χ3v) is 5.29. The summed E-state index contributed by atoms with van der Waals surface area (Å²) in [5.41, 5.74) is 2.40. The second-order valence-electron chi connectivity index (χ2n) is 6.55. The molecule has 1 aromatic heterocycles. The minimum atomic E-state index is -0.599. The molecule has 2 aromatic carbocycles. The lowest BCUT2D eigenvalue weighted by Crippen LogP contribution is -2.31. The number of carbonyl (C=O) groups excluding carboxylic acids is 1. The Morgan fingerprint density at radius 3 is 2.70 bits per heavy atom. The van der Waals surface area contributed by atoms with Crippen LogP contribution in [0.2, 0.25) is 0 Å². The number of halogens is 1. The molecule has 1 atom stereocenters. The largest absolute Gasteiger partial charge is 0.496 e. The Balaban J connectivity index is 1.82. The van der Waals surface area contributed by atoms with Gasteiger partial charge in [-0.25, -0.2) is 0 Å². The number of nitrogens with zero attached hydrogens (tertiary/aromatic N) is 4. The Morgan fingerprint density at radius 1 is 1.17 bits per heavy atom. The van der Waals surface area contributed by atoms with E-state index in [-0.39, 0.29) is 5.91 Å². The molecule has 1 aliphatic rings. The van der Waals surface area contributed by atoms with Gasteiger partial charge in [-0.3, -0.25) is 4.79 Å². The zero-order valence-electron chi connectivity index (χ0n) is 16.5. The van der Waals surface area contributed by atoms with Crippen LogP contribution in [-0.2, 0) is 4.79 Å². The van der Waals surface area contributed by atoms with Crippen molar-refractivity contribution in [2.45, 2.75) is 13.0 Å². The highest BCUT2D eigenvalue weighted by Crippen LogP contribution is 2.40. The van der Waals surface area contributed by atoms with Gasteiger partial charge in [-0.1, -0.05) is 33.2 Å². The lowest BCUT2D eigenvalue weighted by atomic mass is 9.94. The molecule has 0 fully saturated rings. The summed E-state index contributed by atoms with van der Waals surface area (Å²) in [4.78, 5) is 13.4. The van der Waals surface area contributed by atoms with Crippen molar-refractivity contribution < 1.29 is 14.3 Å². The zero-order valence-corrected chi connectivity index (χ0v) is 18.1. The van der Waals surface area contributed by atoms with Crippen LogP contribution in [0.15, 0.2) is 58.2 Å². The number of rotatable bonds is 5. The molecule has 2 N–H and O–H groups in total. The molecule has 30 heavy (non-hydrogen) atoms. The van der Waals surface area contributed by atoms with Crippen molar-refractivity contribution in [3.05, 3.63) is 63.8 Å². The van der Waals surface area contributed by atoms with Gasteiger partial charge in [-0.2, -0.15) is 4.68 Å². The van der Waals surface area contributed by atoms with Gasteiger partial charge in [-0.05, 0) is 47.7 Å². The first kappa shape index (κ1) is 19.9. The number of aromatic nitrogens is 4. The third kappa shape index (κ3) is 3.50. The van der Waals surface area contributed by atoms with Crippen molar-refractivity contribution in [2.24, 2.45) is 0 Å². The molecule has 4 rings (SSSR count). The molecule has 0 unspecified atom stereocenters. The van der Waals surface area contributed by atoms with E-state index in [4.69, 9.17) is 9.47 Å². The minimum Gasteiger partial charge on any atom is -0.496 e. The number of methoxy groups -OCH3 is 2. The second kappa shape index (κ2) is 8.15. The first-order valence-corrected chi connectivity index (χ1v) is 9.86. The number of carbonyl (C=O) groups is 1. The van der Waals surface area contributed by atoms with E-state index in [9.17, 15) is 4.79 Å². The summed E-state index contributed by atoms with van der Waals surface area (Å²) in [5.74, 6) is 1.31. The molecule has 0 bridgehead atoms. The van der Waals surface area contributed by atoms with Crippen LogP contribution in [0, 0.1) is 0 Å². The highest BCUT2D eigenvalue weighted by atomic mass is 79.9. The van der Waals surface area contributed by atoms with Crippen LogP contribution in [0.4, 0.5) is 11.6 Å². The van der Waals surface area contributed by atoms with Crippen LogP contribution in [0.3, 0.4) is 0 Å². The molecule has 0 saturated heterocycles. The van der Waals surface area contributed by atoms with Crippen LogP contribution in [0.5, 0.6) is 11.5 Å². The fourth-order valence-electron chi connectivity index (χ4n) is 3.45. The lowest BCUT2D eigenvalue weighted by molar-refractivity contribution is -0.113. The van der Waals surface area contributed by atoms with Gasteiger partial charge in [0.2, 0.25) is 5.95 Å². The molecule has 1 amide bonds. The minimum absolute atomic E-state index is 0.308. The van der Waals surface area contributed by atoms with E-state index in [1.165, 1.54) is 0 Å². The summed E-state index contributed by atoms with van der Waals surface area (Å²) >= 11 is 3.50. The summed E-state index contributed by atoms with van der Waals surface area (Å²) in [7, 11) is 3.14. The average molecular weight is 471 g/mol. The SMILES string of the molecule is COc1ccccc1NC(=O)C1=C(C)Nc2nnnn2[C@@H]1c1cc(Br)ccc1OC. The Hall–Kier alpha value is -3.40. The molecule has 10 heteroatoms. The van der Waals surface area contributed by atoms with Crippen molar-refractivity contribution >= 4 is 33.5 Å². The summed E-state index contributed by atoms with van der Waals surface area (Å²) < 4.78 is 13.3. The number of anilines is 2. The Kier molecular flexibility index (Phi) is 5.40. The van der Waals surface area contributed by atoms with E-state index in [2.05, 4.69) is 42.1 Å². The fraction of sp³-hybridized carbons (Fsp3) is 0.200. The van der Waals surface area contributed by atoms with E-state index in [1.807, 2.05) is 37.3 Å². The van der Waals surface area contributed by atoms with Crippen molar-refractivity contribution in [3.8, 4) is 11.5 Å². The zero-order chi connectivity index (χ0) is 21.3. The van der Waals surface area contributed by atoms with Gasteiger partial charge in [0.1, 0.15) is 17.5 Å². The smallest absolute Gasteiger partial charge is 0.255 e. The number of fused-ring (bicyclic) bond motifs is 1. The quantitative estimate of drug-likeness (QED) is 0.588. The standard InChI is InChI=1S/C20H19BrN6O3/c1-11-17(19(28)23-14-6-4-5-7-16(14)30-3)18(27-20(22-11)24-25-26-27)13-10-12(21)8-9-15(13)29-2/h4-10,18H,1-3H3,(H,23,28)(H,22,24,26)/t18-/m1/s1. The number of para-hydroxylation sites is 2. The second-order valence-corrected chi connectivity index (χ2v) is 7.47. The molecule has 0 saturated carbocycles. The van der Waals surface area contributed by atoms with E-state index < -0.39 is 6.04 Å². The van der Waals surface area contributed by atoms with Gasteiger partial charge in [0, 0.05) is 15.7 Å². The number of benzene rings is 2. The van der Waals surface area contributed by atoms with E-state index in [0.717, 1.165) is 10.0 Å². The van der Waals surface area contributed by atoms with Crippen molar-refractivity contribution in [1.29, 1.82) is 0 Å². The number of allylic oxidation sites excluding steroid dienone is 1. The van der Waals surface area contributed by atoms with Gasteiger partial charge in [0.15, 0.2) is 0 Å². The van der Waals surface area contributed by atoms with Crippen LogP contribution >= 0.6 is 15.9 Å². The normalized spacial score (nSPS) is 15.3. The maximum Gasteiger partial charge on any atom is 0.255 e. The maximum atomic E-state index is 13.4. The van der Waals surface area contributed by atoms with Gasteiger partial charge >= 0.3 is 0 Å². The number of hydrogen-bond donors (Lipinski definition) is 2. The predicted octanol–water partition coefficient (Wildman–Crippen LogP) is 3.38. The predicted molar refractivity (Wildman–Crippen MR) is 115 cm³/mol. The van der Waals surface area contributed by atoms with Crippen LogP contribution < -0.4 is 20.1 Å². The van der Waals surface area contributed by atoms with Crippen molar-refractivity contribution in [1.82, 2.24) is 20.2 Å². The number of hydrogen-bond acceptors (Lipinski definition) is 7. The maximum absolute atomic E-state index is 13.4. The lowest BCUT2D eigenvalue weighted by Gasteiger charge is -2.29. The van der Waals surface area contributed by atoms with E-state index in [0.29, 0.717) is 34.4 Å². The Labute approximate surface area is 181 Å². The molecule has 3 aromatic rings. The number of amides is 1. The fourth-order valence-corrected chi connectivity index (χ4v) is 3.83. The third-order valence-electron chi connectivity index (χ3n) is 4.80. The highest BCUT2D eigenvalue weighted by Gasteiger charge is 2.36. The van der Waals surface area contributed by atoms with Crippen LogP contribution in [-0.4, -0.2) is 40.3 Å². The topological polar surface area (TPSA) is 103 Å². The van der Waals surface area contributed by atoms with Crippen LogP contribution in [0.1, 0.15) is 18.5 Å². The van der Waals surface area contributed by atoms with Gasteiger partial charge in [0.25, 0.3) is 5.91 Å². The molecular formula is C20H19BrN6O3. The molecule has 0 radical (unpaired) electrons. The van der Waals surface area contributed by atoms with Crippen LogP contribution in [0.25, 0.3) is 0 Å². The summed E-state index contributed by atoms with van der Waals surface area (Å²) in [6.07, 6.45) is 0. The molecule has 9 nitrogen and oxygen atoms in total. The molecular weight excluding hydrogens is 452 g/mol. The molecule has 0 spiro atoms. The van der Waals surface area contributed by atoms with Gasteiger partial charge in [0.05, 0.1) is 25.5 Å². The summed E-state index contributed by atoms with van der Waals surface area (Å²) in [5, 5.41) is 17.9. The van der Waals surface area contributed by atoms with E-state index in [1.54, 1.807) is 31.0 Å². The van der Waals surface area contributed by atoms with Gasteiger partial charge in [-0.15, -0.1) is 0 Å². The first-order chi connectivity index (χ1) is 14.5. The Bertz CT molecular complexity index is 1140. The monoisotopic (exact) mass is 470 g/mol. The molecule has 154 valence electrons. The average Bonchev–Trinajstić information content (AvgIpc) is 3.21. The molecule has 0 aliphatic carbocycles. The van der Waals surface area contributed by atoms with Gasteiger partial charge < -0.3 is 20.1 Å². The van der Waals surface area contributed by atoms with E-state index >= 15 is 0 Å². The summed E-state index contributed by atoms with van der Waals surface area (Å²) in [6.45, 7) is 1.81. The summed E-state index contributed by atoms with van der Waals surface area (Å²) in [6, 6.07) is 12.2. The first-order valence-electron chi connectivity index (χ1n) is 9.07. The highest BCUT2D eigenvalue weighted by molar-refractivity contribution is 9.10. The molecule has 1 aliphatic heterocycles. The number of ether oxygens (including phenoxy) is 2. The van der Waals surface area contributed by atoms with Crippen molar-refractivity contribution in [2.75, 3.05) is 24.9 Å². The Morgan fingerprint density at radius 2 is 1.93 bits per heavy atom. The number of nitrogens with one attached hydrogen (secondary N) is 2. The van der Waals surface area contributed by atoms with Crippen molar-refractivity contribution in [3.63, 3.8) is 0 Å². The number of tetrazole rings is 1.